The second-order valence-corrected chi connectivity index (χ2v) is 6.40. The molecular formula is C3H7Cl3OS. The van der Waals surface area contributed by atoms with Crippen molar-refractivity contribution in [1.29, 1.82) is 0 Å². The molecule has 8 heavy (non-hydrogen) atoms. The highest BCUT2D eigenvalue weighted by Gasteiger charge is 2.09. The van der Waals surface area contributed by atoms with Gasteiger partial charge in [-0.2, -0.15) is 0 Å². The van der Waals surface area contributed by atoms with Crippen LogP contribution in [0, 0.1) is 0 Å². The summed E-state index contributed by atoms with van der Waals surface area (Å²) < 4.78 is 10.9. The van der Waals surface area contributed by atoms with Gasteiger partial charge in [-0.1, -0.05) is 9.93 Å². The Morgan fingerprint density at radius 3 is 1.25 bits per heavy atom. The molecule has 5 heteroatoms. The third kappa shape index (κ3) is 2.53. The first kappa shape index (κ1) is 9.02. The van der Waals surface area contributed by atoms with Crippen LogP contribution in [0.5, 0.6) is 0 Å². The number of hydrogen-bond donors (Lipinski definition) is 1. The summed E-state index contributed by atoms with van der Waals surface area (Å²) in [6, 6.07) is 0. The molecule has 0 aliphatic carbocycles. The van der Waals surface area contributed by atoms with E-state index in [9.17, 15) is 4.21 Å². The first-order valence-electron chi connectivity index (χ1n) is 1.93. The molecule has 1 nitrogen and oxygen atoms in total. The van der Waals surface area contributed by atoms with E-state index in [0.29, 0.717) is 0 Å². The molecule has 0 amide bonds. The summed E-state index contributed by atoms with van der Waals surface area (Å²) in [5, 5.41) is 0.250. The van der Waals surface area contributed by atoms with Crippen LogP contribution in [0.25, 0.3) is 0 Å². The lowest BCUT2D eigenvalue weighted by molar-refractivity contribution is 0.680. The zero-order chi connectivity index (χ0) is 6.62. The van der Waals surface area contributed by atoms with Crippen molar-refractivity contribution in [1.82, 2.24) is 0 Å². The lowest BCUT2D eigenvalue weighted by Crippen LogP contribution is -2.15. The Labute approximate surface area is 64.7 Å². The predicted octanol–water partition coefficient (Wildman–Crippen LogP) is 1.59. The van der Waals surface area contributed by atoms with Gasteiger partial charge in [-0.3, -0.25) is 4.21 Å². The van der Waals surface area contributed by atoms with E-state index in [1.54, 1.807) is 0 Å². The van der Waals surface area contributed by atoms with Gasteiger partial charge in [0.05, 0.1) is 15.6 Å². The molecule has 0 heterocycles. The van der Waals surface area contributed by atoms with E-state index in [4.69, 9.17) is 34.8 Å². The van der Waals surface area contributed by atoms with Crippen LogP contribution in [0.3, 0.4) is 0 Å². The minimum atomic E-state index is -2.37. The van der Waals surface area contributed by atoms with Crippen LogP contribution in [0.2, 0.25) is 0 Å². The average Bonchev–Trinajstić information content (AvgIpc) is 1.87. The Balaban J connectivity index is 3.79. The monoisotopic (exact) mass is 196 g/mol. The van der Waals surface area contributed by atoms with E-state index < -0.39 is 9.93 Å². The molecule has 0 fully saturated rings. The molecule has 0 aromatic rings. The topological polar surface area (TPSA) is 17.1 Å². The molecular weight excluding hydrogens is 190 g/mol. The molecule has 0 atom stereocenters. The predicted molar refractivity (Wildman–Crippen MR) is 41.7 cm³/mol. The fraction of sp³-hybridized carbons (Fsp3) is 1.00. The van der Waals surface area contributed by atoms with Crippen LogP contribution in [0.1, 0.15) is 0 Å². The number of hydrogen-bond acceptors (Lipinski definition) is 1. The fourth-order valence-corrected chi connectivity index (χ4v) is 2.59. The molecule has 52 valence electrons. The Hall–Kier alpha value is 1.02. The van der Waals surface area contributed by atoms with Gasteiger partial charge >= 0.3 is 0 Å². The highest BCUT2D eigenvalue weighted by atomic mass is 35.5. The Morgan fingerprint density at radius 2 is 1.25 bits per heavy atom. The highest BCUT2D eigenvalue weighted by molar-refractivity contribution is 8.05. The van der Waals surface area contributed by atoms with Gasteiger partial charge in [0.1, 0.15) is 0 Å². The first-order valence-corrected chi connectivity index (χ1v) is 5.80. The number of thiol groups is 1. The van der Waals surface area contributed by atoms with Gasteiger partial charge < -0.3 is 0 Å². The van der Waals surface area contributed by atoms with Crippen molar-refractivity contribution >= 4 is 44.7 Å². The molecule has 0 aromatic heterocycles. The molecule has 0 bridgehead atoms. The number of rotatable bonds is 3. The minimum Gasteiger partial charge on any atom is -0.281 e. The van der Waals surface area contributed by atoms with Crippen LogP contribution >= 0.6 is 34.8 Å². The molecule has 0 aliphatic rings. The van der Waals surface area contributed by atoms with E-state index in [1.807, 2.05) is 0 Å². The van der Waals surface area contributed by atoms with Gasteiger partial charge in [0.15, 0.2) is 0 Å². The SMILES string of the molecule is O=[SH](CCl)(CCl)CCl. The summed E-state index contributed by atoms with van der Waals surface area (Å²) >= 11 is 15.8. The number of alkyl halides is 3. The third-order valence-corrected chi connectivity index (χ3v) is 5.88. The van der Waals surface area contributed by atoms with Crippen molar-refractivity contribution in [2.24, 2.45) is 0 Å². The zero-order valence-corrected chi connectivity index (χ0v) is 7.27. The summed E-state index contributed by atoms with van der Waals surface area (Å²) in [6.45, 7) is 0. The Kier molecular flexibility index (Phi) is 4.44. The molecule has 0 radical (unpaired) electrons. The van der Waals surface area contributed by atoms with Gasteiger partial charge in [0, 0.05) is 0 Å². The van der Waals surface area contributed by atoms with E-state index in [1.165, 1.54) is 0 Å². The molecule has 0 unspecified atom stereocenters. The van der Waals surface area contributed by atoms with E-state index in [2.05, 4.69) is 0 Å². The maximum atomic E-state index is 10.9. The summed E-state index contributed by atoms with van der Waals surface area (Å²) in [4.78, 5) is 0. The van der Waals surface area contributed by atoms with Crippen LogP contribution in [0.4, 0.5) is 0 Å². The van der Waals surface area contributed by atoms with Crippen molar-refractivity contribution in [3.05, 3.63) is 0 Å². The molecule has 0 spiro atoms. The largest absolute Gasteiger partial charge is 0.281 e. The second kappa shape index (κ2) is 3.94. The lowest BCUT2D eigenvalue weighted by atomic mass is 11.8. The first-order chi connectivity index (χ1) is 3.68. The summed E-state index contributed by atoms with van der Waals surface area (Å²) in [6.07, 6.45) is 0. The molecule has 0 saturated heterocycles. The van der Waals surface area contributed by atoms with Crippen molar-refractivity contribution in [3.8, 4) is 0 Å². The average molecular weight is 198 g/mol. The van der Waals surface area contributed by atoms with Crippen molar-refractivity contribution < 1.29 is 4.21 Å². The molecule has 0 saturated carbocycles. The molecule has 0 rings (SSSR count). The smallest absolute Gasteiger partial charge is 0.0780 e. The summed E-state index contributed by atoms with van der Waals surface area (Å²) in [5.74, 6) is 0. The summed E-state index contributed by atoms with van der Waals surface area (Å²) in [5.41, 5.74) is 0. The van der Waals surface area contributed by atoms with Gasteiger partial charge in [-0.05, 0) is 0 Å². The normalized spacial score (nSPS) is 13.9. The van der Waals surface area contributed by atoms with E-state index in [-0.39, 0.29) is 15.6 Å². The van der Waals surface area contributed by atoms with Crippen molar-refractivity contribution in [3.63, 3.8) is 0 Å². The van der Waals surface area contributed by atoms with Gasteiger partial charge in [-0.25, -0.2) is 0 Å². The van der Waals surface area contributed by atoms with Crippen LogP contribution in [-0.2, 0) is 9.93 Å². The van der Waals surface area contributed by atoms with Gasteiger partial charge in [0.2, 0.25) is 0 Å². The second-order valence-electron chi connectivity index (χ2n) is 1.42. The maximum Gasteiger partial charge on any atom is 0.0780 e. The highest BCUT2D eigenvalue weighted by Crippen LogP contribution is 2.10. The van der Waals surface area contributed by atoms with E-state index in [0.717, 1.165) is 0 Å². The van der Waals surface area contributed by atoms with Crippen molar-refractivity contribution in [2.45, 2.75) is 0 Å². The zero-order valence-electron chi connectivity index (χ0n) is 4.11. The Bertz CT molecular complexity index is 85.7. The van der Waals surface area contributed by atoms with Crippen LogP contribution in [-0.4, -0.2) is 19.8 Å². The van der Waals surface area contributed by atoms with Gasteiger partial charge in [-0.15, -0.1) is 34.8 Å². The van der Waals surface area contributed by atoms with Crippen LogP contribution in [0.15, 0.2) is 0 Å². The molecule has 0 aromatic carbocycles. The molecule has 0 aliphatic heterocycles. The Morgan fingerprint density at radius 1 is 1.00 bits per heavy atom. The standard InChI is InChI=1S/C3H7Cl3OS/c4-1-8(7,2-5)3-6/h8H,1-3H2. The van der Waals surface area contributed by atoms with Crippen LogP contribution < -0.4 is 0 Å². The van der Waals surface area contributed by atoms with E-state index >= 15 is 0 Å². The summed E-state index contributed by atoms with van der Waals surface area (Å²) in [7, 11) is -2.37. The third-order valence-electron chi connectivity index (χ3n) is 0.653. The minimum absolute atomic E-state index is 0.0833. The lowest BCUT2D eigenvalue weighted by Gasteiger charge is -2.11. The number of halogens is 3. The maximum absolute atomic E-state index is 10.9. The quantitative estimate of drug-likeness (QED) is 0.537. The van der Waals surface area contributed by atoms with Gasteiger partial charge in [0.25, 0.3) is 0 Å². The van der Waals surface area contributed by atoms with Crippen molar-refractivity contribution in [2.75, 3.05) is 15.6 Å². The molecule has 0 N–H and O–H groups in total. The fourth-order valence-electron chi connectivity index (χ4n) is 0.0958.